The van der Waals surface area contributed by atoms with Crippen LogP contribution in [0, 0.1) is 19.7 Å². The Balaban J connectivity index is 1.81. The molecule has 31 heavy (non-hydrogen) atoms. The van der Waals surface area contributed by atoms with E-state index in [0.29, 0.717) is 23.4 Å². The number of aryl methyl sites for hydroxylation is 1. The van der Waals surface area contributed by atoms with Crippen molar-refractivity contribution in [1.29, 1.82) is 0 Å². The molecule has 0 spiro atoms. The van der Waals surface area contributed by atoms with E-state index in [1.807, 2.05) is 26.8 Å². The molecule has 0 fully saturated rings. The summed E-state index contributed by atoms with van der Waals surface area (Å²) in [6.45, 7) is 9.99. The van der Waals surface area contributed by atoms with Gasteiger partial charge in [0.2, 0.25) is 0 Å². The Morgan fingerprint density at radius 3 is 2.94 bits per heavy atom. The first-order valence-electron chi connectivity index (χ1n) is 10.1. The van der Waals surface area contributed by atoms with Crippen molar-refractivity contribution in [2.24, 2.45) is 0 Å². The van der Waals surface area contributed by atoms with Crippen molar-refractivity contribution in [3.63, 3.8) is 0 Å². The second-order valence-electron chi connectivity index (χ2n) is 7.47. The average molecular weight is 429 g/mol. The van der Waals surface area contributed by atoms with Gasteiger partial charge in [0, 0.05) is 36.5 Å². The lowest BCUT2D eigenvalue weighted by atomic mass is 10.0. The van der Waals surface area contributed by atoms with Crippen molar-refractivity contribution in [1.82, 2.24) is 10.3 Å². The first-order valence-corrected chi connectivity index (χ1v) is 10.1. The number of benzene rings is 1. The van der Waals surface area contributed by atoms with Crippen molar-refractivity contribution in [3.05, 3.63) is 64.4 Å². The van der Waals surface area contributed by atoms with E-state index in [1.54, 1.807) is 6.07 Å². The van der Waals surface area contributed by atoms with E-state index in [-0.39, 0.29) is 43.2 Å². The SMILES string of the molecule is C=C(O)CC(CNC(=O)c1c(C)[nH]c(/C=C2\CONc3ccc(F)cc32)c1C)OCC. The molecule has 1 aliphatic rings. The Kier molecular flexibility index (Phi) is 7.14. The molecule has 0 saturated carbocycles. The van der Waals surface area contributed by atoms with Gasteiger partial charge in [-0.1, -0.05) is 6.58 Å². The maximum atomic E-state index is 13.8. The summed E-state index contributed by atoms with van der Waals surface area (Å²) in [5, 5.41) is 12.3. The number of hydrogen-bond donors (Lipinski definition) is 4. The summed E-state index contributed by atoms with van der Waals surface area (Å²) in [7, 11) is 0. The molecular formula is C23H28FN3O4. The van der Waals surface area contributed by atoms with Crippen LogP contribution in [-0.4, -0.2) is 41.9 Å². The molecule has 4 N–H and O–H groups in total. The molecule has 1 aromatic heterocycles. The van der Waals surface area contributed by atoms with Crippen LogP contribution >= 0.6 is 0 Å². The van der Waals surface area contributed by atoms with E-state index < -0.39 is 0 Å². The van der Waals surface area contributed by atoms with Crippen LogP contribution in [0.1, 0.15) is 46.2 Å². The molecular weight excluding hydrogens is 401 g/mol. The van der Waals surface area contributed by atoms with E-state index in [4.69, 9.17) is 9.57 Å². The van der Waals surface area contributed by atoms with Crippen LogP contribution < -0.4 is 10.8 Å². The predicted octanol–water partition coefficient (Wildman–Crippen LogP) is 4.27. The molecule has 0 bridgehead atoms. The number of aromatic nitrogens is 1. The van der Waals surface area contributed by atoms with Crippen LogP contribution in [-0.2, 0) is 9.57 Å². The Bertz CT molecular complexity index is 1010. The summed E-state index contributed by atoms with van der Waals surface area (Å²) in [4.78, 5) is 21.5. The van der Waals surface area contributed by atoms with Gasteiger partial charge < -0.3 is 20.1 Å². The van der Waals surface area contributed by atoms with Gasteiger partial charge in [-0.15, -0.1) is 0 Å². The zero-order valence-electron chi connectivity index (χ0n) is 18.0. The van der Waals surface area contributed by atoms with Crippen LogP contribution in [0.3, 0.4) is 0 Å². The lowest BCUT2D eigenvalue weighted by molar-refractivity contribution is 0.0532. The first kappa shape index (κ1) is 22.6. The van der Waals surface area contributed by atoms with Gasteiger partial charge in [0.15, 0.2) is 0 Å². The Morgan fingerprint density at radius 2 is 2.23 bits per heavy atom. The molecule has 1 aromatic carbocycles. The zero-order chi connectivity index (χ0) is 22.5. The lowest BCUT2D eigenvalue weighted by Crippen LogP contribution is -2.34. The number of anilines is 1. The van der Waals surface area contributed by atoms with Gasteiger partial charge in [0.25, 0.3) is 5.91 Å². The molecule has 0 aliphatic carbocycles. The lowest BCUT2D eigenvalue weighted by Gasteiger charge is -2.20. The smallest absolute Gasteiger partial charge is 0.253 e. The summed E-state index contributed by atoms with van der Waals surface area (Å²) < 4.78 is 19.3. The minimum absolute atomic E-state index is 0.0107. The van der Waals surface area contributed by atoms with E-state index in [1.165, 1.54) is 12.1 Å². The predicted molar refractivity (Wildman–Crippen MR) is 118 cm³/mol. The molecule has 1 atom stereocenters. The molecule has 1 aliphatic heterocycles. The van der Waals surface area contributed by atoms with Crippen molar-refractivity contribution in [2.75, 3.05) is 25.2 Å². The highest BCUT2D eigenvalue weighted by molar-refractivity contribution is 5.99. The number of ether oxygens (including phenoxy) is 1. The number of hydrogen-bond acceptors (Lipinski definition) is 5. The van der Waals surface area contributed by atoms with Gasteiger partial charge in [-0.05, 0) is 56.2 Å². The highest BCUT2D eigenvalue weighted by Crippen LogP contribution is 2.31. The summed E-state index contributed by atoms with van der Waals surface area (Å²) in [6.07, 6.45) is 1.77. The molecule has 166 valence electrons. The van der Waals surface area contributed by atoms with Gasteiger partial charge in [-0.2, -0.15) is 0 Å². The largest absolute Gasteiger partial charge is 0.513 e. The number of aliphatic hydroxyl groups excluding tert-OH is 1. The quantitative estimate of drug-likeness (QED) is 0.470. The highest BCUT2D eigenvalue weighted by Gasteiger charge is 2.21. The van der Waals surface area contributed by atoms with Crippen molar-refractivity contribution in [3.8, 4) is 0 Å². The molecule has 0 saturated heterocycles. The fourth-order valence-electron chi connectivity index (χ4n) is 3.68. The molecule has 7 nitrogen and oxygen atoms in total. The van der Waals surface area contributed by atoms with E-state index in [2.05, 4.69) is 22.4 Å². The first-order chi connectivity index (χ1) is 14.8. The van der Waals surface area contributed by atoms with Gasteiger partial charge in [-0.25, -0.2) is 4.39 Å². The third-order valence-corrected chi connectivity index (χ3v) is 5.12. The van der Waals surface area contributed by atoms with Gasteiger partial charge >= 0.3 is 0 Å². The normalized spacial score (nSPS) is 15.3. The Morgan fingerprint density at radius 1 is 1.45 bits per heavy atom. The molecule has 8 heteroatoms. The van der Waals surface area contributed by atoms with E-state index in [9.17, 15) is 14.3 Å². The third-order valence-electron chi connectivity index (χ3n) is 5.12. The van der Waals surface area contributed by atoms with Crippen LogP contribution in [0.25, 0.3) is 11.6 Å². The topological polar surface area (TPSA) is 95.6 Å². The monoisotopic (exact) mass is 429 g/mol. The molecule has 1 amide bonds. The summed E-state index contributed by atoms with van der Waals surface area (Å²) in [5.41, 5.74) is 7.77. The minimum Gasteiger partial charge on any atom is -0.513 e. The van der Waals surface area contributed by atoms with Crippen molar-refractivity contribution in [2.45, 2.75) is 33.3 Å². The van der Waals surface area contributed by atoms with E-state index >= 15 is 0 Å². The maximum Gasteiger partial charge on any atom is 0.253 e. The summed E-state index contributed by atoms with van der Waals surface area (Å²) in [6, 6.07) is 4.45. The van der Waals surface area contributed by atoms with Crippen LogP contribution in [0.2, 0.25) is 0 Å². The maximum absolute atomic E-state index is 13.8. The molecule has 0 radical (unpaired) electrons. The number of nitrogens with one attached hydrogen (secondary N) is 3. The molecule has 2 heterocycles. The number of amides is 1. The number of halogens is 1. The number of H-pyrrole nitrogens is 1. The second-order valence-corrected chi connectivity index (χ2v) is 7.47. The molecule has 1 unspecified atom stereocenters. The number of carbonyl (C=O) groups is 1. The minimum atomic E-state index is -0.356. The third kappa shape index (κ3) is 5.34. The van der Waals surface area contributed by atoms with Crippen molar-refractivity contribution < 1.29 is 23.9 Å². The van der Waals surface area contributed by atoms with Gasteiger partial charge in [-0.3, -0.25) is 15.1 Å². The Labute approximate surface area is 180 Å². The fourth-order valence-corrected chi connectivity index (χ4v) is 3.68. The number of fused-ring (bicyclic) bond motifs is 1. The van der Waals surface area contributed by atoms with Crippen LogP contribution in [0.5, 0.6) is 0 Å². The zero-order valence-corrected chi connectivity index (χ0v) is 18.0. The van der Waals surface area contributed by atoms with Crippen molar-refractivity contribution >= 4 is 23.2 Å². The van der Waals surface area contributed by atoms with Gasteiger partial charge in [0.05, 0.1) is 23.1 Å². The summed E-state index contributed by atoms with van der Waals surface area (Å²) >= 11 is 0. The standard InChI is InChI=1S/C23H28FN3O4/c1-5-30-18(8-13(2)28)11-25-23(29)22-14(3)21(26-15(22)4)9-16-12-31-27-20-7-6-17(24)10-19(16)20/h6-7,9-10,18,26-28H,2,5,8,11-12H2,1,3-4H3,(H,25,29)/b16-9+. The second kappa shape index (κ2) is 9.80. The average Bonchev–Trinajstić information content (AvgIpc) is 2.99. The van der Waals surface area contributed by atoms with Gasteiger partial charge in [0.1, 0.15) is 12.4 Å². The summed E-state index contributed by atoms with van der Waals surface area (Å²) in [5.74, 6) is -0.559. The van der Waals surface area contributed by atoms with E-state index in [0.717, 1.165) is 22.5 Å². The highest BCUT2D eigenvalue weighted by atomic mass is 19.1. The molecule has 2 aromatic rings. The number of aromatic amines is 1. The van der Waals surface area contributed by atoms with Crippen LogP contribution in [0.4, 0.5) is 10.1 Å². The Hall–Kier alpha value is -3.10. The number of rotatable bonds is 8. The fraction of sp³-hybridized carbons (Fsp3) is 0.348. The number of carbonyl (C=O) groups excluding carboxylic acids is 1. The molecule has 3 rings (SSSR count). The van der Waals surface area contributed by atoms with Crippen LogP contribution in [0.15, 0.2) is 30.5 Å². The number of aliphatic hydroxyl groups is 1.